The molecule has 18 heavy (non-hydrogen) atoms. The van der Waals surface area contributed by atoms with Gasteiger partial charge in [0.05, 0.1) is 22.2 Å². The Balaban J connectivity index is 2.31. The van der Waals surface area contributed by atoms with Crippen LogP contribution in [0.25, 0.3) is 5.69 Å². The van der Waals surface area contributed by atoms with Crippen LogP contribution >= 0.6 is 15.9 Å². The van der Waals surface area contributed by atoms with Crippen LogP contribution in [0.15, 0.2) is 29.1 Å². The highest BCUT2D eigenvalue weighted by atomic mass is 79.9. The van der Waals surface area contributed by atoms with Crippen LogP contribution < -0.4 is 5.32 Å². The van der Waals surface area contributed by atoms with Crippen molar-refractivity contribution in [3.05, 3.63) is 46.5 Å². The molecule has 1 aromatic carbocycles. The topological polar surface area (TPSA) is 29.9 Å². The third-order valence-corrected chi connectivity index (χ3v) is 3.07. The van der Waals surface area contributed by atoms with Crippen molar-refractivity contribution in [3.8, 4) is 5.69 Å². The smallest absolute Gasteiger partial charge is 0.148 e. The van der Waals surface area contributed by atoms with Gasteiger partial charge in [-0.15, -0.1) is 0 Å². The number of hydrogen-bond donors (Lipinski definition) is 1. The number of nitrogens with zero attached hydrogens (tertiary/aromatic N) is 2. The van der Waals surface area contributed by atoms with E-state index in [1.807, 2.05) is 6.92 Å². The van der Waals surface area contributed by atoms with Crippen LogP contribution in [-0.2, 0) is 6.54 Å². The summed E-state index contributed by atoms with van der Waals surface area (Å²) < 4.78 is 28.7. The number of rotatable bonds is 4. The average Bonchev–Trinajstić information content (AvgIpc) is 2.79. The summed E-state index contributed by atoms with van der Waals surface area (Å²) in [6.07, 6.45) is 3.15. The van der Waals surface area contributed by atoms with Crippen molar-refractivity contribution in [3.63, 3.8) is 0 Å². The molecular formula is C12H12BrF2N3. The third kappa shape index (κ3) is 2.76. The Morgan fingerprint density at radius 2 is 2.11 bits per heavy atom. The maximum atomic E-state index is 13.7. The van der Waals surface area contributed by atoms with E-state index in [0.29, 0.717) is 6.54 Å². The van der Waals surface area contributed by atoms with Crippen molar-refractivity contribution >= 4 is 15.9 Å². The summed E-state index contributed by atoms with van der Waals surface area (Å²) in [5.41, 5.74) is 0.922. The zero-order valence-electron chi connectivity index (χ0n) is 9.75. The molecule has 0 amide bonds. The van der Waals surface area contributed by atoms with E-state index in [-0.39, 0.29) is 10.2 Å². The Morgan fingerprint density at radius 1 is 1.33 bits per heavy atom. The van der Waals surface area contributed by atoms with Gasteiger partial charge in [-0.1, -0.05) is 6.92 Å². The third-order valence-electron chi connectivity index (χ3n) is 2.46. The minimum atomic E-state index is -0.506. The normalized spacial score (nSPS) is 10.9. The highest BCUT2D eigenvalue weighted by Crippen LogP contribution is 2.22. The molecule has 1 heterocycles. The van der Waals surface area contributed by atoms with Crippen LogP contribution in [0.1, 0.15) is 12.6 Å². The molecule has 2 rings (SSSR count). The lowest BCUT2D eigenvalue weighted by molar-refractivity contribution is 0.587. The number of hydrogen-bond acceptors (Lipinski definition) is 2. The van der Waals surface area contributed by atoms with Gasteiger partial charge in [0.25, 0.3) is 0 Å². The first-order valence-electron chi connectivity index (χ1n) is 5.50. The van der Waals surface area contributed by atoms with Gasteiger partial charge in [-0.05, 0) is 28.5 Å². The fourth-order valence-electron chi connectivity index (χ4n) is 1.55. The molecule has 0 unspecified atom stereocenters. The molecule has 0 radical (unpaired) electrons. The minimum absolute atomic E-state index is 0.108. The SMILES string of the molecule is CCNCc1cn(-c2cc(F)c(Br)cc2F)cn1. The molecule has 0 fully saturated rings. The number of imidazole rings is 1. The molecule has 0 aliphatic rings. The summed E-state index contributed by atoms with van der Waals surface area (Å²) in [7, 11) is 0. The Labute approximate surface area is 112 Å². The van der Waals surface area contributed by atoms with Crippen LogP contribution in [0.2, 0.25) is 0 Å². The fraction of sp³-hybridized carbons (Fsp3) is 0.250. The second kappa shape index (κ2) is 5.58. The first kappa shape index (κ1) is 13.2. The summed E-state index contributed by atoms with van der Waals surface area (Å²) in [5.74, 6) is -1.01. The maximum Gasteiger partial charge on any atom is 0.148 e. The van der Waals surface area contributed by atoms with E-state index in [2.05, 4.69) is 26.2 Å². The van der Waals surface area contributed by atoms with Gasteiger partial charge >= 0.3 is 0 Å². The highest BCUT2D eigenvalue weighted by molar-refractivity contribution is 9.10. The first-order valence-corrected chi connectivity index (χ1v) is 6.29. The number of nitrogens with one attached hydrogen (secondary N) is 1. The van der Waals surface area contributed by atoms with E-state index in [0.717, 1.165) is 24.4 Å². The number of halogens is 3. The highest BCUT2D eigenvalue weighted by Gasteiger charge is 2.10. The van der Waals surface area contributed by atoms with Crippen LogP contribution in [0.5, 0.6) is 0 Å². The van der Waals surface area contributed by atoms with E-state index in [1.54, 1.807) is 6.20 Å². The quantitative estimate of drug-likeness (QED) is 0.879. The Bertz CT molecular complexity index is 554. The summed E-state index contributed by atoms with van der Waals surface area (Å²) in [4.78, 5) is 4.12. The van der Waals surface area contributed by atoms with E-state index in [9.17, 15) is 8.78 Å². The predicted octanol–water partition coefficient (Wildman–Crippen LogP) is 3.02. The van der Waals surface area contributed by atoms with E-state index in [4.69, 9.17) is 0 Å². The molecule has 0 aliphatic carbocycles. The summed E-state index contributed by atoms with van der Waals surface area (Å²) in [6.45, 7) is 3.42. The molecule has 0 bridgehead atoms. The molecular weight excluding hydrogens is 304 g/mol. The fourth-order valence-corrected chi connectivity index (χ4v) is 1.87. The summed E-state index contributed by atoms with van der Waals surface area (Å²) in [5, 5.41) is 3.11. The van der Waals surface area contributed by atoms with Gasteiger partial charge in [0.2, 0.25) is 0 Å². The summed E-state index contributed by atoms with van der Waals surface area (Å²) >= 11 is 2.94. The van der Waals surface area contributed by atoms with Gasteiger partial charge in [0, 0.05) is 18.8 Å². The lowest BCUT2D eigenvalue weighted by atomic mass is 10.3. The molecule has 0 spiro atoms. The Kier molecular flexibility index (Phi) is 4.08. The van der Waals surface area contributed by atoms with E-state index >= 15 is 0 Å². The van der Waals surface area contributed by atoms with Gasteiger partial charge in [0.15, 0.2) is 0 Å². The van der Waals surface area contributed by atoms with Crippen molar-refractivity contribution in [1.82, 2.24) is 14.9 Å². The molecule has 3 nitrogen and oxygen atoms in total. The molecule has 0 aliphatic heterocycles. The van der Waals surface area contributed by atoms with Crippen molar-refractivity contribution in [2.75, 3.05) is 6.54 Å². The second-order valence-electron chi connectivity index (χ2n) is 3.77. The standard InChI is InChI=1S/C12H12BrF2N3/c1-2-16-5-8-6-18(7-17-8)12-4-10(14)9(13)3-11(12)15/h3-4,6-7,16H,2,5H2,1H3. The lowest BCUT2D eigenvalue weighted by Crippen LogP contribution is -2.11. The van der Waals surface area contributed by atoms with Crippen LogP contribution in [0.3, 0.4) is 0 Å². The Morgan fingerprint density at radius 3 is 2.83 bits per heavy atom. The van der Waals surface area contributed by atoms with Crippen molar-refractivity contribution in [1.29, 1.82) is 0 Å². The maximum absolute atomic E-state index is 13.7. The van der Waals surface area contributed by atoms with Gasteiger partial charge < -0.3 is 9.88 Å². The van der Waals surface area contributed by atoms with Gasteiger partial charge in [-0.25, -0.2) is 13.8 Å². The molecule has 0 saturated carbocycles. The molecule has 1 N–H and O–H groups in total. The van der Waals surface area contributed by atoms with Crippen molar-refractivity contribution in [2.45, 2.75) is 13.5 Å². The monoisotopic (exact) mass is 315 g/mol. The predicted molar refractivity (Wildman–Crippen MR) is 68.6 cm³/mol. The first-order chi connectivity index (χ1) is 8.61. The zero-order chi connectivity index (χ0) is 13.1. The number of aromatic nitrogens is 2. The van der Waals surface area contributed by atoms with Gasteiger partial charge in [-0.2, -0.15) is 0 Å². The minimum Gasteiger partial charge on any atom is -0.311 e. The second-order valence-corrected chi connectivity index (χ2v) is 4.62. The molecule has 0 atom stereocenters. The van der Waals surface area contributed by atoms with Crippen LogP contribution in [0.4, 0.5) is 8.78 Å². The van der Waals surface area contributed by atoms with E-state index < -0.39 is 11.6 Å². The molecule has 6 heteroatoms. The molecule has 1 aromatic heterocycles. The van der Waals surface area contributed by atoms with Crippen LogP contribution in [0, 0.1) is 11.6 Å². The zero-order valence-corrected chi connectivity index (χ0v) is 11.3. The molecule has 2 aromatic rings. The van der Waals surface area contributed by atoms with Gasteiger partial charge in [-0.3, -0.25) is 0 Å². The van der Waals surface area contributed by atoms with Gasteiger partial charge in [0.1, 0.15) is 11.6 Å². The lowest BCUT2D eigenvalue weighted by Gasteiger charge is -2.05. The van der Waals surface area contributed by atoms with E-state index in [1.165, 1.54) is 10.9 Å². The summed E-state index contributed by atoms with van der Waals surface area (Å²) in [6, 6.07) is 2.24. The average molecular weight is 316 g/mol. The Hall–Kier alpha value is -1.27. The van der Waals surface area contributed by atoms with Crippen molar-refractivity contribution < 1.29 is 8.78 Å². The van der Waals surface area contributed by atoms with Crippen molar-refractivity contribution in [2.24, 2.45) is 0 Å². The van der Waals surface area contributed by atoms with Crippen LogP contribution in [-0.4, -0.2) is 16.1 Å². The molecule has 0 saturated heterocycles. The number of benzene rings is 1. The molecule has 96 valence electrons. The largest absolute Gasteiger partial charge is 0.311 e.